The van der Waals surface area contributed by atoms with Gasteiger partial charge < -0.3 is 0 Å². The van der Waals surface area contributed by atoms with Crippen LogP contribution in [0.25, 0.3) is 10.9 Å². The highest BCUT2D eigenvalue weighted by atomic mass is 79.9. The molecule has 15 heavy (non-hydrogen) atoms. The molecule has 0 aliphatic rings. The lowest BCUT2D eigenvalue weighted by Gasteiger charge is -1.98. The first-order valence-electron chi connectivity index (χ1n) is 3.67. The molecule has 80 valence electrons. The summed E-state index contributed by atoms with van der Waals surface area (Å²) in [5.41, 5.74) is -0.00861. The number of aromatic amines is 1. The molecule has 2 rings (SSSR count). The zero-order valence-electron chi connectivity index (χ0n) is 6.96. The maximum Gasteiger partial charge on any atom is 0.263 e. The van der Waals surface area contributed by atoms with Gasteiger partial charge in [0.05, 0.1) is 5.39 Å². The van der Waals surface area contributed by atoms with Crippen LogP contribution in [0.15, 0.2) is 21.5 Å². The number of hydrogen-bond donors (Lipinski definition) is 1. The SMILES string of the molecule is O=S(=O)(Cl)c1cc(Br)cc2c(F)[nH]nc12. The van der Waals surface area contributed by atoms with Crippen molar-refractivity contribution in [3.05, 3.63) is 22.6 Å². The molecule has 1 aromatic heterocycles. The summed E-state index contributed by atoms with van der Waals surface area (Å²) in [6, 6.07) is 2.69. The molecule has 0 saturated carbocycles. The maximum absolute atomic E-state index is 13.1. The predicted octanol–water partition coefficient (Wildman–Crippen LogP) is 2.39. The average Bonchev–Trinajstić information content (AvgIpc) is 2.45. The first-order valence-corrected chi connectivity index (χ1v) is 6.77. The van der Waals surface area contributed by atoms with Crippen LogP contribution in [0.5, 0.6) is 0 Å². The van der Waals surface area contributed by atoms with E-state index in [1.165, 1.54) is 12.1 Å². The third-order valence-electron chi connectivity index (χ3n) is 1.80. The minimum absolute atomic E-state index is 0.00861. The highest BCUT2D eigenvalue weighted by Gasteiger charge is 2.19. The number of nitrogens with one attached hydrogen (secondary N) is 1. The van der Waals surface area contributed by atoms with Gasteiger partial charge in [0, 0.05) is 15.2 Å². The molecule has 1 N–H and O–H groups in total. The van der Waals surface area contributed by atoms with E-state index in [0.717, 1.165) is 0 Å². The zero-order valence-corrected chi connectivity index (χ0v) is 10.1. The minimum atomic E-state index is -3.95. The van der Waals surface area contributed by atoms with Crippen LogP contribution in [-0.4, -0.2) is 18.6 Å². The van der Waals surface area contributed by atoms with E-state index in [1.54, 1.807) is 0 Å². The van der Waals surface area contributed by atoms with Crippen LogP contribution in [0.2, 0.25) is 0 Å². The Morgan fingerprint density at radius 1 is 1.47 bits per heavy atom. The smallest absolute Gasteiger partial charge is 0.252 e. The van der Waals surface area contributed by atoms with Gasteiger partial charge in [-0.15, -0.1) is 0 Å². The number of rotatable bonds is 1. The lowest BCUT2D eigenvalue weighted by Crippen LogP contribution is -1.92. The van der Waals surface area contributed by atoms with Gasteiger partial charge in [-0.3, -0.25) is 5.10 Å². The van der Waals surface area contributed by atoms with E-state index >= 15 is 0 Å². The summed E-state index contributed by atoms with van der Waals surface area (Å²) in [6.45, 7) is 0. The molecule has 0 bridgehead atoms. The van der Waals surface area contributed by atoms with Crippen molar-refractivity contribution in [1.82, 2.24) is 10.2 Å². The van der Waals surface area contributed by atoms with Crippen LogP contribution in [0.1, 0.15) is 0 Å². The molecule has 0 saturated heterocycles. The second kappa shape index (κ2) is 3.43. The Morgan fingerprint density at radius 2 is 2.13 bits per heavy atom. The summed E-state index contributed by atoms with van der Waals surface area (Å²) < 4.78 is 35.9. The monoisotopic (exact) mass is 312 g/mol. The predicted molar refractivity (Wildman–Crippen MR) is 56.8 cm³/mol. The molecule has 0 radical (unpaired) electrons. The Bertz CT molecular complexity index is 640. The van der Waals surface area contributed by atoms with Crippen molar-refractivity contribution >= 4 is 46.6 Å². The third kappa shape index (κ3) is 1.86. The summed E-state index contributed by atoms with van der Waals surface area (Å²) in [6.07, 6.45) is 0. The van der Waals surface area contributed by atoms with Crippen LogP contribution in [0.4, 0.5) is 4.39 Å². The van der Waals surface area contributed by atoms with E-state index in [4.69, 9.17) is 10.7 Å². The van der Waals surface area contributed by atoms with Crippen LogP contribution in [-0.2, 0) is 9.05 Å². The average molecular weight is 314 g/mol. The van der Waals surface area contributed by atoms with Gasteiger partial charge in [-0.1, -0.05) is 15.9 Å². The fourth-order valence-corrected chi connectivity index (χ4v) is 2.82. The molecule has 0 spiro atoms. The highest BCUT2D eigenvalue weighted by Crippen LogP contribution is 2.29. The number of benzene rings is 1. The van der Waals surface area contributed by atoms with Crippen molar-refractivity contribution in [3.8, 4) is 0 Å². The summed E-state index contributed by atoms with van der Waals surface area (Å²) >= 11 is 3.06. The van der Waals surface area contributed by atoms with Crippen LogP contribution >= 0.6 is 26.6 Å². The first kappa shape index (κ1) is 10.8. The van der Waals surface area contributed by atoms with Gasteiger partial charge in [-0.25, -0.2) is 8.42 Å². The standard InChI is InChI=1S/C7H3BrClFN2O2S/c8-3-1-4-6(11-12-7(4)10)5(2-3)15(9,13)14/h1-2H,(H,11,12). The van der Waals surface area contributed by atoms with Gasteiger partial charge in [0.1, 0.15) is 10.4 Å². The Labute approximate surface area is 97.0 Å². The van der Waals surface area contributed by atoms with E-state index in [1.807, 2.05) is 0 Å². The van der Waals surface area contributed by atoms with Gasteiger partial charge >= 0.3 is 0 Å². The lowest BCUT2D eigenvalue weighted by atomic mass is 10.2. The van der Waals surface area contributed by atoms with Gasteiger partial charge in [-0.2, -0.15) is 9.49 Å². The molecule has 0 unspecified atom stereocenters. The zero-order chi connectivity index (χ0) is 11.2. The van der Waals surface area contributed by atoms with Crippen molar-refractivity contribution in [2.45, 2.75) is 4.90 Å². The van der Waals surface area contributed by atoms with Crippen molar-refractivity contribution < 1.29 is 12.8 Å². The van der Waals surface area contributed by atoms with Crippen LogP contribution in [0.3, 0.4) is 0 Å². The number of halogens is 3. The minimum Gasteiger partial charge on any atom is -0.252 e. The normalized spacial score (nSPS) is 12.2. The van der Waals surface area contributed by atoms with Crippen LogP contribution < -0.4 is 0 Å². The van der Waals surface area contributed by atoms with E-state index in [-0.39, 0.29) is 15.8 Å². The Kier molecular flexibility index (Phi) is 2.48. The lowest BCUT2D eigenvalue weighted by molar-refractivity contribution is 0.588. The Morgan fingerprint density at radius 3 is 2.73 bits per heavy atom. The summed E-state index contributed by atoms with van der Waals surface area (Å²) in [5.74, 6) is -0.701. The number of nitrogens with zero attached hydrogens (tertiary/aromatic N) is 1. The van der Waals surface area contributed by atoms with E-state index in [9.17, 15) is 12.8 Å². The molecule has 8 heteroatoms. The summed E-state index contributed by atoms with van der Waals surface area (Å²) in [4.78, 5) is -0.228. The molecular weight excluding hydrogens is 311 g/mol. The van der Waals surface area contributed by atoms with E-state index < -0.39 is 15.0 Å². The Hall–Kier alpha value is -0.660. The number of H-pyrrole nitrogens is 1. The fourth-order valence-electron chi connectivity index (χ4n) is 1.21. The largest absolute Gasteiger partial charge is 0.263 e. The van der Waals surface area contributed by atoms with Crippen molar-refractivity contribution in [1.29, 1.82) is 0 Å². The molecular formula is C7H3BrClFN2O2S. The molecule has 2 aromatic rings. The van der Waals surface area contributed by atoms with Crippen LogP contribution in [0, 0.1) is 5.95 Å². The molecule has 0 atom stereocenters. The first-order chi connectivity index (χ1) is 6.89. The van der Waals surface area contributed by atoms with E-state index in [2.05, 4.69) is 26.1 Å². The molecule has 0 fully saturated rings. The molecule has 4 nitrogen and oxygen atoms in total. The maximum atomic E-state index is 13.1. The van der Waals surface area contributed by atoms with Gasteiger partial charge in [0.2, 0.25) is 5.95 Å². The second-order valence-corrected chi connectivity index (χ2v) is 6.23. The topological polar surface area (TPSA) is 62.8 Å². The van der Waals surface area contributed by atoms with Crippen molar-refractivity contribution in [2.24, 2.45) is 0 Å². The Balaban J connectivity index is 2.97. The highest BCUT2D eigenvalue weighted by molar-refractivity contribution is 9.10. The third-order valence-corrected chi connectivity index (χ3v) is 3.60. The number of aromatic nitrogens is 2. The molecule has 0 amide bonds. The number of hydrogen-bond acceptors (Lipinski definition) is 3. The fraction of sp³-hybridized carbons (Fsp3) is 0. The van der Waals surface area contributed by atoms with Gasteiger partial charge in [-0.05, 0) is 12.1 Å². The molecule has 0 aliphatic carbocycles. The van der Waals surface area contributed by atoms with E-state index in [0.29, 0.717) is 4.47 Å². The van der Waals surface area contributed by atoms with Crippen molar-refractivity contribution in [2.75, 3.05) is 0 Å². The second-order valence-electron chi connectivity index (χ2n) is 2.78. The number of fused-ring (bicyclic) bond motifs is 1. The van der Waals surface area contributed by atoms with Crippen molar-refractivity contribution in [3.63, 3.8) is 0 Å². The quantitative estimate of drug-likeness (QED) is 0.822. The molecule has 1 aromatic carbocycles. The molecule has 0 aliphatic heterocycles. The summed E-state index contributed by atoms with van der Waals surface area (Å²) in [5, 5.41) is 5.67. The molecule has 1 heterocycles. The summed E-state index contributed by atoms with van der Waals surface area (Å²) in [7, 11) is 1.25. The van der Waals surface area contributed by atoms with Gasteiger partial charge in [0.25, 0.3) is 9.05 Å². The van der Waals surface area contributed by atoms with Gasteiger partial charge in [0.15, 0.2) is 0 Å².